The molecule has 9 nitrogen and oxygen atoms in total. The highest BCUT2D eigenvalue weighted by atomic mass is 32.2. The maximum atomic E-state index is 12.2. The number of carbonyl (C=O) groups excluding carboxylic acids is 1. The monoisotopic (exact) mass is 469 g/mol. The minimum Gasteiger partial charge on any atom is -0.484 e. The normalized spacial score (nSPS) is 12.0. The van der Waals surface area contributed by atoms with Crippen LogP contribution in [0.15, 0.2) is 58.3 Å². The summed E-state index contributed by atoms with van der Waals surface area (Å²) in [4.78, 5) is 12.1. The number of carbonyl (C=O) groups is 1. The summed E-state index contributed by atoms with van der Waals surface area (Å²) in [5, 5.41) is 2.55. The lowest BCUT2D eigenvalue weighted by atomic mass is 10.2. The molecule has 170 valence electrons. The molecule has 11 heteroatoms. The second-order valence-electron chi connectivity index (χ2n) is 7.10. The van der Waals surface area contributed by atoms with Gasteiger partial charge in [0.15, 0.2) is 6.61 Å². The van der Waals surface area contributed by atoms with E-state index in [0.717, 1.165) is 5.56 Å². The Labute approximate surface area is 183 Å². The molecule has 0 radical (unpaired) electrons. The Kier molecular flexibility index (Phi) is 8.57. The Balaban J connectivity index is 1.75. The van der Waals surface area contributed by atoms with Crippen LogP contribution in [0.25, 0.3) is 0 Å². The first kappa shape index (κ1) is 24.8. The number of hydrogen-bond donors (Lipinski definition) is 3. The lowest BCUT2D eigenvalue weighted by molar-refractivity contribution is -0.123. The first-order valence-electron chi connectivity index (χ1n) is 9.58. The topological polar surface area (TPSA) is 131 Å². The predicted octanol–water partition coefficient (Wildman–Crippen LogP) is 1.16. The van der Waals surface area contributed by atoms with Crippen molar-refractivity contribution in [3.05, 3.63) is 54.1 Å². The van der Waals surface area contributed by atoms with E-state index >= 15 is 0 Å². The standard InChI is InChI=1S/C20H27N3O6S2/c1-15(2)23-31(27,28)19-10-6-17(7-11-19)29-14-20(24)21-12-13-22-30(25,26)18-8-4-16(3)5-9-18/h4-11,15,22-23H,12-14H2,1-3H3,(H,21,24). The van der Waals surface area contributed by atoms with Crippen LogP contribution < -0.4 is 19.5 Å². The fraction of sp³-hybridized carbons (Fsp3) is 0.350. The third kappa shape index (κ3) is 7.94. The van der Waals surface area contributed by atoms with Gasteiger partial charge in [0, 0.05) is 19.1 Å². The number of rotatable bonds is 11. The van der Waals surface area contributed by atoms with Crippen LogP contribution >= 0.6 is 0 Å². The number of nitrogens with one attached hydrogen (secondary N) is 3. The minimum absolute atomic E-state index is 0.0252. The van der Waals surface area contributed by atoms with Crippen LogP contribution in [0.1, 0.15) is 19.4 Å². The molecule has 0 saturated carbocycles. The van der Waals surface area contributed by atoms with Gasteiger partial charge in [0.25, 0.3) is 5.91 Å². The van der Waals surface area contributed by atoms with E-state index in [2.05, 4.69) is 14.8 Å². The zero-order valence-electron chi connectivity index (χ0n) is 17.6. The minimum atomic E-state index is -3.64. The van der Waals surface area contributed by atoms with Gasteiger partial charge in [-0.15, -0.1) is 0 Å². The van der Waals surface area contributed by atoms with Crippen molar-refractivity contribution >= 4 is 26.0 Å². The summed E-state index contributed by atoms with van der Waals surface area (Å²) < 4.78 is 58.7. The molecule has 0 aromatic heterocycles. The summed E-state index contributed by atoms with van der Waals surface area (Å²) in [6, 6.07) is 11.9. The van der Waals surface area contributed by atoms with E-state index < -0.39 is 26.0 Å². The highest BCUT2D eigenvalue weighted by molar-refractivity contribution is 7.89. The van der Waals surface area contributed by atoms with Gasteiger partial charge < -0.3 is 10.1 Å². The second-order valence-corrected chi connectivity index (χ2v) is 10.6. The second kappa shape index (κ2) is 10.7. The van der Waals surface area contributed by atoms with Gasteiger partial charge >= 0.3 is 0 Å². The van der Waals surface area contributed by atoms with E-state index in [-0.39, 0.29) is 35.5 Å². The van der Waals surface area contributed by atoms with Gasteiger partial charge in [-0.2, -0.15) is 0 Å². The maximum Gasteiger partial charge on any atom is 0.257 e. The number of amides is 1. The third-order valence-corrected chi connectivity index (χ3v) is 7.12. The molecule has 0 heterocycles. The molecule has 0 aliphatic carbocycles. The molecule has 0 aliphatic heterocycles. The van der Waals surface area contributed by atoms with Crippen molar-refractivity contribution in [2.75, 3.05) is 19.7 Å². The van der Waals surface area contributed by atoms with Gasteiger partial charge in [-0.1, -0.05) is 17.7 Å². The largest absolute Gasteiger partial charge is 0.484 e. The summed E-state index contributed by atoms with van der Waals surface area (Å²) in [6.07, 6.45) is 0. The van der Waals surface area contributed by atoms with Crippen LogP contribution in [-0.4, -0.2) is 48.5 Å². The van der Waals surface area contributed by atoms with E-state index in [1.807, 2.05) is 6.92 Å². The molecule has 0 unspecified atom stereocenters. The van der Waals surface area contributed by atoms with Gasteiger partial charge in [-0.25, -0.2) is 26.3 Å². The Morgan fingerprint density at radius 3 is 2.00 bits per heavy atom. The van der Waals surface area contributed by atoms with Crippen LogP contribution in [0.3, 0.4) is 0 Å². The van der Waals surface area contributed by atoms with Crippen molar-refractivity contribution in [2.24, 2.45) is 0 Å². The van der Waals surface area contributed by atoms with Crippen molar-refractivity contribution in [3.8, 4) is 5.75 Å². The average Bonchev–Trinajstić information content (AvgIpc) is 2.69. The van der Waals surface area contributed by atoms with E-state index in [0.29, 0.717) is 5.75 Å². The van der Waals surface area contributed by atoms with Crippen LogP contribution in [-0.2, 0) is 24.8 Å². The van der Waals surface area contributed by atoms with Gasteiger partial charge in [-0.3, -0.25) is 4.79 Å². The van der Waals surface area contributed by atoms with Gasteiger partial charge in [-0.05, 0) is 57.2 Å². The van der Waals surface area contributed by atoms with Crippen LogP contribution in [0, 0.1) is 6.92 Å². The molecule has 0 bridgehead atoms. The third-order valence-electron chi connectivity index (χ3n) is 3.97. The van der Waals surface area contributed by atoms with Gasteiger partial charge in [0.1, 0.15) is 5.75 Å². The Morgan fingerprint density at radius 2 is 1.42 bits per heavy atom. The zero-order valence-corrected chi connectivity index (χ0v) is 19.2. The molecule has 2 rings (SSSR count). The first-order valence-corrected chi connectivity index (χ1v) is 12.5. The number of ether oxygens (including phenoxy) is 1. The number of sulfonamides is 2. The highest BCUT2D eigenvalue weighted by Crippen LogP contribution is 2.16. The summed E-state index contributed by atoms with van der Waals surface area (Å²) in [5.74, 6) is -0.105. The number of benzene rings is 2. The molecule has 0 atom stereocenters. The SMILES string of the molecule is Cc1ccc(S(=O)(=O)NCCNC(=O)COc2ccc(S(=O)(=O)NC(C)C)cc2)cc1. The van der Waals surface area contributed by atoms with Crippen LogP contribution in [0.5, 0.6) is 5.75 Å². The van der Waals surface area contributed by atoms with Crippen molar-refractivity contribution in [1.29, 1.82) is 0 Å². The molecule has 31 heavy (non-hydrogen) atoms. The van der Waals surface area contributed by atoms with Crippen molar-refractivity contribution in [2.45, 2.75) is 36.6 Å². The molecule has 0 spiro atoms. The fourth-order valence-corrected chi connectivity index (χ4v) is 4.76. The first-order chi connectivity index (χ1) is 14.5. The van der Waals surface area contributed by atoms with Crippen LogP contribution in [0.4, 0.5) is 0 Å². The van der Waals surface area contributed by atoms with Gasteiger partial charge in [0.2, 0.25) is 20.0 Å². The lowest BCUT2D eigenvalue weighted by Gasteiger charge is -2.11. The van der Waals surface area contributed by atoms with E-state index in [1.54, 1.807) is 26.0 Å². The van der Waals surface area contributed by atoms with E-state index in [4.69, 9.17) is 4.74 Å². The number of aryl methyl sites for hydroxylation is 1. The van der Waals surface area contributed by atoms with Crippen LogP contribution in [0.2, 0.25) is 0 Å². The number of hydrogen-bond acceptors (Lipinski definition) is 6. The summed E-state index contributed by atoms with van der Waals surface area (Å²) in [6.45, 7) is 5.13. The summed E-state index contributed by atoms with van der Waals surface area (Å²) in [7, 11) is -7.24. The van der Waals surface area contributed by atoms with E-state index in [9.17, 15) is 21.6 Å². The predicted molar refractivity (Wildman–Crippen MR) is 117 cm³/mol. The summed E-state index contributed by atoms with van der Waals surface area (Å²) in [5.41, 5.74) is 0.953. The van der Waals surface area contributed by atoms with Gasteiger partial charge in [0.05, 0.1) is 9.79 Å². The summed E-state index contributed by atoms with van der Waals surface area (Å²) >= 11 is 0. The molecular weight excluding hydrogens is 442 g/mol. The quantitative estimate of drug-likeness (QED) is 0.423. The molecular formula is C20H27N3O6S2. The average molecular weight is 470 g/mol. The van der Waals surface area contributed by atoms with Crippen molar-refractivity contribution < 1.29 is 26.4 Å². The highest BCUT2D eigenvalue weighted by Gasteiger charge is 2.15. The zero-order chi connectivity index (χ0) is 23.1. The van der Waals surface area contributed by atoms with Crippen molar-refractivity contribution in [1.82, 2.24) is 14.8 Å². The molecule has 2 aromatic rings. The van der Waals surface area contributed by atoms with E-state index in [1.165, 1.54) is 36.4 Å². The Hall–Kier alpha value is -2.47. The molecule has 1 amide bonds. The molecule has 0 aliphatic rings. The molecule has 3 N–H and O–H groups in total. The molecule has 2 aromatic carbocycles. The molecule has 0 saturated heterocycles. The smallest absolute Gasteiger partial charge is 0.257 e. The lowest BCUT2D eigenvalue weighted by Crippen LogP contribution is -2.36. The fourth-order valence-electron chi connectivity index (χ4n) is 2.48. The van der Waals surface area contributed by atoms with Crippen molar-refractivity contribution in [3.63, 3.8) is 0 Å². The maximum absolute atomic E-state index is 12.2. The Bertz CT molecular complexity index is 1080. The Morgan fingerprint density at radius 1 is 0.871 bits per heavy atom. The molecule has 0 fully saturated rings.